The molecule has 0 aliphatic rings. The SMILES string of the molecule is COc1ccc(NC(=S)Nc2ccc3ncn(CCc4c[nH]c5ccccc45)c(=O)c3c2)cc1OC. The van der Waals surface area contributed by atoms with Crippen molar-refractivity contribution in [3.8, 4) is 11.5 Å². The summed E-state index contributed by atoms with van der Waals surface area (Å²) in [6.07, 6.45) is 4.32. The van der Waals surface area contributed by atoms with Gasteiger partial charge in [0.2, 0.25) is 0 Å². The normalized spacial score (nSPS) is 10.9. The number of H-pyrrole nitrogens is 1. The maximum Gasteiger partial charge on any atom is 0.261 e. The zero-order valence-corrected chi connectivity index (χ0v) is 20.7. The summed E-state index contributed by atoms with van der Waals surface area (Å²) in [5.74, 6) is 1.22. The summed E-state index contributed by atoms with van der Waals surface area (Å²) in [6, 6.07) is 19.0. The van der Waals surface area contributed by atoms with E-state index in [1.807, 2.05) is 42.6 Å². The summed E-state index contributed by atoms with van der Waals surface area (Å²) in [4.78, 5) is 21.0. The van der Waals surface area contributed by atoms with E-state index in [1.165, 1.54) is 10.9 Å². The van der Waals surface area contributed by atoms with Crippen LogP contribution >= 0.6 is 12.2 Å². The van der Waals surface area contributed by atoms with Crippen molar-refractivity contribution in [1.82, 2.24) is 14.5 Å². The Morgan fingerprint density at radius 2 is 1.72 bits per heavy atom. The first-order valence-corrected chi connectivity index (χ1v) is 11.8. The van der Waals surface area contributed by atoms with Crippen LogP contribution in [0.4, 0.5) is 11.4 Å². The third kappa shape index (κ3) is 4.73. The lowest BCUT2D eigenvalue weighted by Gasteiger charge is -2.13. The zero-order valence-electron chi connectivity index (χ0n) is 19.9. The smallest absolute Gasteiger partial charge is 0.261 e. The number of methoxy groups -OCH3 is 2. The Kier molecular flexibility index (Phi) is 6.55. The Labute approximate surface area is 212 Å². The second-order valence-electron chi connectivity index (χ2n) is 8.23. The molecule has 3 aromatic carbocycles. The predicted molar refractivity (Wildman–Crippen MR) is 147 cm³/mol. The highest BCUT2D eigenvalue weighted by Gasteiger charge is 2.10. The fourth-order valence-corrected chi connectivity index (χ4v) is 4.42. The van der Waals surface area contributed by atoms with Crippen molar-refractivity contribution in [3.63, 3.8) is 0 Å². The molecule has 9 heteroatoms. The molecule has 0 fully saturated rings. The van der Waals surface area contributed by atoms with E-state index in [0.717, 1.165) is 11.2 Å². The highest BCUT2D eigenvalue weighted by molar-refractivity contribution is 7.80. The molecule has 0 atom stereocenters. The van der Waals surface area contributed by atoms with E-state index in [4.69, 9.17) is 21.7 Å². The maximum absolute atomic E-state index is 13.2. The standard InChI is InChI=1S/C27H25N5O3S/c1-34-24-10-8-19(14-25(24)35-2)31-27(36)30-18-7-9-23-21(13-18)26(33)32(16-29-23)12-11-17-15-28-22-6-4-3-5-20(17)22/h3-10,13-16,28H,11-12H2,1-2H3,(H2,30,31,36). The van der Waals surface area contributed by atoms with Crippen molar-refractivity contribution in [1.29, 1.82) is 0 Å². The molecule has 0 aliphatic carbocycles. The van der Waals surface area contributed by atoms with Gasteiger partial charge in [-0.3, -0.25) is 9.36 Å². The molecule has 2 aromatic heterocycles. The van der Waals surface area contributed by atoms with E-state index in [2.05, 4.69) is 26.7 Å². The molecule has 2 heterocycles. The van der Waals surface area contributed by atoms with Crippen molar-refractivity contribution >= 4 is 50.5 Å². The molecule has 0 saturated heterocycles. The van der Waals surface area contributed by atoms with Crippen molar-refractivity contribution in [2.75, 3.05) is 24.9 Å². The molecule has 8 nitrogen and oxygen atoms in total. The minimum atomic E-state index is -0.0951. The second-order valence-corrected chi connectivity index (χ2v) is 8.64. The number of hydrogen-bond donors (Lipinski definition) is 3. The van der Waals surface area contributed by atoms with Crippen molar-refractivity contribution in [3.05, 3.63) is 89.1 Å². The molecule has 0 radical (unpaired) electrons. The molecule has 0 spiro atoms. The minimum Gasteiger partial charge on any atom is -0.493 e. The molecule has 182 valence electrons. The summed E-state index contributed by atoms with van der Waals surface area (Å²) in [6.45, 7) is 0.528. The molecular weight excluding hydrogens is 474 g/mol. The van der Waals surface area contributed by atoms with Crippen LogP contribution in [0.5, 0.6) is 11.5 Å². The van der Waals surface area contributed by atoms with E-state index in [9.17, 15) is 4.79 Å². The average molecular weight is 500 g/mol. The van der Waals surface area contributed by atoms with Gasteiger partial charge in [-0.05, 0) is 60.6 Å². The first-order valence-electron chi connectivity index (χ1n) is 11.4. The molecule has 0 aliphatic heterocycles. The monoisotopic (exact) mass is 499 g/mol. The van der Waals surface area contributed by atoms with Crippen molar-refractivity contribution < 1.29 is 9.47 Å². The number of benzene rings is 3. The molecule has 3 N–H and O–H groups in total. The van der Waals surface area contributed by atoms with Crippen LogP contribution in [0.15, 0.2) is 78.0 Å². The van der Waals surface area contributed by atoms with Crippen LogP contribution in [-0.4, -0.2) is 33.9 Å². The molecule has 0 bridgehead atoms. The first-order chi connectivity index (χ1) is 17.6. The maximum atomic E-state index is 13.2. The van der Waals surface area contributed by atoms with Gasteiger partial charge in [-0.1, -0.05) is 18.2 Å². The Bertz CT molecular complexity index is 1630. The number of nitrogens with one attached hydrogen (secondary N) is 3. The molecule has 0 unspecified atom stereocenters. The van der Waals surface area contributed by atoms with Crippen LogP contribution in [-0.2, 0) is 13.0 Å². The number of hydrogen-bond acceptors (Lipinski definition) is 5. The number of ether oxygens (including phenoxy) is 2. The van der Waals surface area contributed by atoms with Gasteiger partial charge in [-0.2, -0.15) is 0 Å². The van der Waals surface area contributed by atoms with Gasteiger partial charge in [-0.15, -0.1) is 0 Å². The van der Waals surface area contributed by atoms with Crippen LogP contribution in [0.25, 0.3) is 21.8 Å². The number of anilines is 2. The number of fused-ring (bicyclic) bond motifs is 2. The predicted octanol–water partition coefficient (Wildman–Crippen LogP) is 4.95. The quantitative estimate of drug-likeness (QED) is 0.273. The highest BCUT2D eigenvalue weighted by atomic mass is 32.1. The lowest BCUT2D eigenvalue weighted by molar-refractivity contribution is 0.355. The van der Waals surface area contributed by atoms with Gasteiger partial charge in [0.05, 0.1) is 31.4 Å². The minimum absolute atomic E-state index is 0.0951. The van der Waals surface area contributed by atoms with Gasteiger partial charge in [-0.25, -0.2) is 4.98 Å². The van der Waals surface area contributed by atoms with Gasteiger partial charge in [0.15, 0.2) is 16.6 Å². The molecular formula is C27H25N5O3S. The van der Waals surface area contributed by atoms with Gasteiger partial charge in [0.25, 0.3) is 5.56 Å². The third-order valence-corrected chi connectivity index (χ3v) is 6.22. The number of rotatable bonds is 7. The van der Waals surface area contributed by atoms with Crippen molar-refractivity contribution in [2.24, 2.45) is 0 Å². The molecule has 5 aromatic rings. The Hall–Kier alpha value is -4.37. The molecule has 0 amide bonds. The highest BCUT2D eigenvalue weighted by Crippen LogP contribution is 2.29. The molecule has 36 heavy (non-hydrogen) atoms. The third-order valence-electron chi connectivity index (χ3n) is 6.02. The number of aryl methyl sites for hydroxylation is 2. The fourth-order valence-electron chi connectivity index (χ4n) is 4.18. The number of para-hydroxylation sites is 1. The topological polar surface area (TPSA) is 93.2 Å². The summed E-state index contributed by atoms with van der Waals surface area (Å²) in [5, 5.41) is 8.33. The van der Waals surface area contributed by atoms with Crippen LogP contribution in [0.3, 0.4) is 0 Å². The molecule has 5 rings (SSSR count). The lowest BCUT2D eigenvalue weighted by Crippen LogP contribution is -2.22. The first kappa shape index (κ1) is 23.4. The van der Waals surface area contributed by atoms with Crippen LogP contribution in [0.2, 0.25) is 0 Å². The summed E-state index contributed by atoms with van der Waals surface area (Å²) < 4.78 is 12.3. The number of aromatic nitrogens is 3. The lowest BCUT2D eigenvalue weighted by atomic mass is 10.1. The van der Waals surface area contributed by atoms with Crippen LogP contribution in [0, 0.1) is 0 Å². The van der Waals surface area contributed by atoms with Crippen LogP contribution in [0.1, 0.15) is 5.56 Å². The van der Waals surface area contributed by atoms with Gasteiger partial charge in [0, 0.05) is 41.1 Å². The summed E-state index contributed by atoms with van der Waals surface area (Å²) in [5.41, 5.74) is 4.22. The Balaban J connectivity index is 1.32. The van der Waals surface area contributed by atoms with Crippen LogP contribution < -0.4 is 25.7 Å². The van der Waals surface area contributed by atoms with E-state index < -0.39 is 0 Å². The second kappa shape index (κ2) is 10.1. The summed E-state index contributed by atoms with van der Waals surface area (Å²) in [7, 11) is 3.16. The van der Waals surface area contributed by atoms with Crippen molar-refractivity contribution in [2.45, 2.75) is 13.0 Å². The van der Waals surface area contributed by atoms with Gasteiger partial charge < -0.3 is 25.1 Å². The summed E-state index contributed by atoms with van der Waals surface area (Å²) >= 11 is 5.47. The number of thiocarbonyl (C=S) groups is 1. The Morgan fingerprint density at radius 1 is 0.972 bits per heavy atom. The van der Waals surface area contributed by atoms with E-state index in [-0.39, 0.29) is 5.56 Å². The number of nitrogens with zero attached hydrogens (tertiary/aromatic N) is 2. The van der Waals surface area contributed by atoms with Gasteiger partial charge in [0.1, 0.15) is 0 Å². The largest absolute Gasteiger partial charge is 0.493 e. The Morgan fingerprint density at radius 3 is 2.53 bits per heavy atom. The fraction of sp³-hybridized carbons (Fsp3) is 0.148. The molecule has 0 saturated carbocycles. The van der Waals surface area contributed by atoms with Gasteiger partial charge >= 0.3 is 0 Å². The van der Waals surface area contributed by atoms with E-state index in [1.54, 1.807) is 43.3 Å². The van der Waals surface area contributed by atoms with E-state index >= 15 is 0 Å². The van der Waals surface area contributed by atoms with E-state index in [0.29, 0.717) is 46.2 Å². The average Bonchev–Trinajstić information content (AvgIpc) is 3.31. The number of aromatic amines is 1. The zero-order chi connectivity index (χ0) is 25.1.